The highest BCUT2D eigenvalue weighted by Gasteiger charge is 2.33. The lowest BCUT2D eigenvalue weighted by atomic mass is 10.1. The number of amides is 1. The maximum absolute atomic E-state index is 12.8. The van der Waals surface area contributed by atoms with Gasteiger partial charge in [0.2, 0.25) is 6.10 Å². The summed E-state index contributed by atoms with van der Waals surface area (Å²) < 4.78 is 6.95. The molecule has 1 aliphatic rings. The van der Waals surface area contributed by atoms with Gasteiger partial charge in [-0.15, -0.1) is 0 Å². The van der Waals surface area contributed by atoms with Gasteiger partial charge in [-0.3, -0.25) is 4.79 Å². The van der Waals surface area contributed by atoms with Crippen molar-refractivity contribution < 1.29 is 9.53 Å². The molecule has 0 bridgehead atoms. The summed E-state index contributed by atoms with van der Waals surface area (Å²) in [4.78, 5) is 12.8. The second kappa shape index (κ2) is 7.81. The molecule has 1 saturated carbocycles. The van der Waals surface area contributed by atoms with Gasteiger partial charge in [-0.25, -0.2) is 0 Å². The van der Waals surface area contributed by atoms with Gasteiger partial charge in [-0.2, -0.15) is 0 Å². The van der Waals surface area contributed by atoms with Crippen molar-refractivity contribution in [2.24, 2.45) is 11.7 Å². The van der Waals surface area contributed by atoms with E-state index in [1.165, 1.54) is 0 Å². The number of carbonyl (C=O) groups excluding carboxylic acids is 1. The maximum atomic E-state index is 12.8. The van der Waals surface area contributed by atoms with E-state index in [1.54, 1.807) is 0 Å². The monoisotopic (exact) mass is 388 g/mol. The molecule has 2 atom stereocenters. The molecule has 3 N–H and O–H groups in total. The summed E-state index contributed by atoms with van der Waals surface area (Å²) >= 11 is 3.40. The average molecular weight is 389 g/mol. The fraction of sp³-hybridized carbons (Fsp3) is 0.316. The van der Waals surface area contributed by atoms with Crippen LogP contribution >= 0.6 is 15.9 Å². The smallest absolute Gasteiger partial charge is 0.266 e. The summed E-state index contributed by atoms with van der Waals surface area (Å²) in [7, 11) is 0. The number of carbonyl (C=O) groups is 1. The van der Waals surface area contributed by atoms with E-state index in [4.69, 9.17) is 10.5 Å². The Morgan fingerprint density at radius 1 is 1.17 bits per heavy atom. The van der Waals surface area contributed by atoms with Crippen LogP contribution in [0, 0.1) is 5.92 Å². The number of halogens is 1. The molecule has 0 heterocycles. The predicted molar refractivity (Wildman–Crippen MR) is 97.7 cm³/mol. The molecule has 0 spiro atoms. The largest absolute Gasteiger partial charge is 0.476 e. The molecular weight excluding hydrogens is 368 g/mol. The molecule has 126 valence electrons. The zero-order valence-electron chi connectivity index (χ0n) is 13.3. The van der Waals surface area contributed by atoms with Gasteiger partial charge < -0.3 is 15.8 Å². The Bertz CT molecular complexity index is 672. The quantitative estimate of drug-likeness (QED) is 0.763. The molecule has 2 aromatic rings. The van der Waals surface area contributed by atoms with Crippen molar-refractivity contribution in [3.63, 3.8) is 0 Å². The SMILES string of the molecule is NCC(NC(=O)C(Oc1ccc(Br)cc1)c1ccccc1)C1CC1. The second-order valence-corrected chi connectivity index (χ2v) is 6.97. The fourth-order valence-electron chi connectivity index (χ4n) is 2.68. The molecule has 3 rings (SSSR count). The van der Waals surface area contributed by atoms with Crippen molar-refractivity contribution in [2.45, 2.75) is 25.0 Å². The standard InChI is InChI=1S/C19H21BrN2O2/c20-15-8-10-16(11-9-15)24-18(14-4-2-1-3-5-14)19(23)22-17(12-21)13-6-7-13/h1-5,8-11,13,17-18H,6-7,12,21H2,(H,22,23). The Balaban J connectivity index is 1.78. The summed E-state index contributed by atoms with van der Waals surface area (Å²) in [6.45, 7) is 0.455. The van der Waals surface area contributed by atoms with Crippen molar-refractivity contribution >= 4 is 21.8 Å². The zero-order valence-corrected chi connectivity index (χ0v) is 14.9. The van der Waals surface area contributed by atoms with E-state index < -0.39 is 6.10 Å². The molecule has 1 aliphatic carbocycles. The highest BCUT2D eigenvalue weighted by molar-refractivity contribution is 9.10. The van der Waals surface area contributed by atoms with Crippen LogP contribution in [0.25, 0.3) is 0 Å². The fourth-order valence-corrected chi connectivity index (χ4v) is 2.94. The van der Waals surface area contributed by atoms with E-state index in [-0.39, 0.29) is 11.9 Å². The van der Waals surface area contributed by atoms with E-state index in [0.29, 0.717) is 18.2 Å². The minimum atomic E-state index is -0.694. The number of nitrogens with one attached hydrogen (secondary N) is 1. The lowest BCUT2D eigenvalue weighted by Gasteiger charge is -2.23. The van der Waals surface area contributed by atoms with Crippen LogP contribution in [0.5, 0.6) is 5.75 Å². The van der Waals surface area contributed by atoms with Gasteiger partial charge in [0.1, 0.15) is 5.75 Å². The third-order valence-electron chi connectivity index (χ3n) is 4.18. The Kier molecular flexibility index (Phi) is 5.53. The highest BCUT2D eigenvalue weighted by Crippen LogP contribution is 2.33. The van der Waals surface area contributed by atoms with Gasteiger partial charge in [0, 0.05) is 22.6 Å². The minimum absolute atomic E-state index is 0.0252. The van der Waals surface area contributed by atoms with Crippen LogP contribution in [0.2, 0.25) is 0 Å². The number of benzene rings is 2. The maximum Gasteiger partial charge on any atom is 0.266 e. The van der Waals surface area contributed by atoms with Crippen molar-refractivity contribution in [1.29, 1.82) is 0 Å². The van der Waals surface area contributed by atoms with Crippen molar-refractivity contribution in [3.8, 4) is 5.75 Å². The van der Waals surface area contributed by atoms with E-state index in [0.717, 1.165) is 22.9 Å². The first kappa shape index (κ1) is 17.0. The molecule has 5 heteroatoms. The molecule has 0 aromatic heterocycles. The van der Waals surface area contributed by atoms with Crippen LogP contribution < -0.4 is 15.8 Å². The Morgan fingerprint density at radius 3 is 2.42 bits per heavy atom. The molecule has 1 fully saturated rings. The molecule has 0 saturated heterocycles. The van der Waals surface area contributed by atoms with Crippen LogP contribution in [0.1, 0.15) is 24.5 Å². The van der Waals surface area contributed by atoms with Crippen molar-refractivity contribution in [2.75, 3.05) is 6.54 Å². The molecule has 0 radical (unpaired) electrons. The topological polar surface area (TPSA) is 64.3 Å². The summed E-state index contributed by atoms with van der Waals surface area (Å²) in [6, 6.07) is 17.0. The third-order valence-corrected chi connectivity index (χ3v) is 4.71. The van der Waals surface area contributed by atoms with Crippen molar-refractivity contribution in [3.05, 3.63) is 64.6 Å². The van der Waals surface area contributed by atoms with Crippen LogP contribution in [0.3, 0.4) is 0 Å². The number of hydrogen-bond donors (Lipinski definition) is 2. The molecule has 2 unspecified atom stereocenters. The third kappa shape index (κ3) is 4.36. The molecule has 1 amide bonds. The van der Waals surface area contributed by atoms with E-state index in [1.807, 2.05) is 54.6 Å². The van der Waals surface area contributed by atoms with Crippen molar-refractivity contribution in [1.82, 2.24) is 5.32 Å². The lowest BCUT2D eigenvalue weighted by molar-refractivity contribution is -0.129. The van der Waals surface area contributed by atoms with E-state index >= 15 is 0 Å². The van der Waals surface area contributed by atoms with Gasteiger partial charge in [-0.05, 0) is 43.0 Å². The summed E-state index contributed by atoms with van der Waals surface area (Å²) in [5.41, 5.74) is 6.63. The van der Waals surface area contributed by atoms with Crippen LogP contribution in [0.4, 0.5) is 0 Å². The van der Waals surface area contributed by atoms with Gasteiger partial charge in [0.05, 0.1) is 0 Å². The minimum Gasteiger partial charge on any atom is -0.476 e. The number of ether oxygens (including phenoxy) is 1. The summed E-state index contributed by atoms with van der Waals surface area (Å²) in [5, 5.41) is 3.06. The van der Waals surface area contributed by atoms with E-state index in [2.05, 4.69) is 21.2 Å². The van der Waals surface area contributed by atoms with Gasteiger partial charge >= 0.3 is 0 Å². The number of hydrogen-bond acceptors (Lipinski definition) is 3. The summed E-state index contributed by atoms with van der Waals surface area (Å²) in [5.74, 6) is 1.01. The van der Waals surface area contributed by atoms with Gasteiger partial charge in [0.25, 0.3) is 5.91 Å². The summed E-state index contributed by atoms with van der Waals surface area (Å²) in [6.07, 6.45) is 1.57. The van der Waals surface area contributed by atoms with Crippen LogP contribution in [-0.2, 0) is 4.79 Å². The predicted octanol–water partition coefficient (Wildman–Crippen LogP) is 3.42. The molecule has 4 nitrogen and oxygen atoms in total. The Hall–Kier alpha value is -1.85. The molecular formula is C19H21BrN2O2. The average Bonchev–Trinajstić information content (AvgIpc) is 3.44. The number of rotatable bonds is 7. The second-order valence-electron chi connectivity index (χ2n) is 6.05. The highest BCUT2D eigenvalue weighted by atomic mass is 79.9. The van der Waals surface area contributed by atoms with E-state index in [9.17, 15) is 4.79 Å². The lowest BCUT2D eigenvalue weighted by Crippen LogP contribution is -2.44. The molecule has 0 aliphatic heterocycles. The first-order valence-electron chi connectivity index (χ1n) is 8.15. The van der Waals surface area contributed by atoms with Crippen LogP contribution in [-0.4, -0.2) is 18.5 Å². The van der Waals surface area contributed by atoms with Gasteiger partial charge in [-0.1, -0.05) is 46.3 Å². The Labute approximate surface area is 150 Å². The Morgan fingerprint density at radius 2 is 1.83 bits per heavy atom. The zero-order chi connectivity index (χ0) is 16.9. The van der Waals surface area contributed by atoms with Gasteiger partial charge in [0.15, 0.2) is 0 Å². The van der Waals surface area contributed by atoms with Crippen LogP contribution in [0.15, 0.2) is 59.1 Å². The first-order chi connectivity index (χ1) is 11.7. The molecule has 2 aromatic carbocycles. The first-order valence-corrected chi connectivity index (χ1v) is 8.94. The molecule has 24 heavy (non-hydrogen) atoms. The normalized spacial score (nSPS) is 16.2. The number of nitrogens with two attached hydrogens (primary N) is 1.